The van der Waals surface area contributed by atoms with Crippen molar-refractivity contribution >= 4 is 16.7 Å². The predicted octanol–water partition coefficient (Wildman–Crippen LogP) is 5.98. The average molecular weight is 406 g/mol. The summed E-state index contributed by atoms with van der Waals surface area (Å²) in [5, 5.41) is 14.2. The fourth-order valence-electron chi connectivity index (χ4n) is 4.75. The molecular weight excluding hydrogens is 377 g/mol. The van der Waals surface area contributed by atoms with E-state index in [2.05, 4.69) is 36.5 Å². The first-order valence-electron chi connectivity index (χ1n) is 10.7. The molecule has 3 atom stereocenters. The molecule has 1 aliphatic rings. The predicted molar refractivity (Wildman–Crippen MR) is 118 cm³/mol. The van der Waals surface area contributed by atoms with Crippen LogP contribution in [0.15, 0.2) is 60.7 Å². The number of benzene rings is 3. The van der Waals surface area contributed by atoms with Crippen LogP contribution in [-0.2, 0) is 11.2 Å². The van der Waals surface area contributed by atoms with Gasteiger partial charge in [-0.05, 0) is 66.7 Å². The molecule has 0 aliphatic heterocycles. The van der Waals surface area contributed by atoms with Crippen LogP contribution in [0, 0.1) is 5.82 Å². The molecule has 1 aliphatic carbocycles. The van der Waals surface area contributed by atoms with E-state index < -0.39 is 5.97 Å². The van der Waals surface area contributed by atoms with E-state index in [0.717, 1.165) is 35.8 Å². The molecule has 0 radical (unpaired) electrons. The summed E-state index contributed by atoms with van der Waals surface area (Å²) < 4.78 is 14.1. The molecule has 0 spiro atoms. The lowest BCUT2D eigenvalue weighted by atomic mass is 9.95. The maximum Gasteiger partial charge on any atom is 0.303 e. The molecule has 1 fully saturated rings. The van der Waals surface area contributed by atoms with Gasteiger partial charge in [0.25, 0.3) is 0 Å². The molecule has 156 valence electrons. The zero-order valence-electron chi connectivity index (χ0n) is 17.3. The molecule has 3 aromatic carbocycles. The fourth-order valence-corrected chi connectivity index (χ4v) is 4.75. The van der Waals surface area contributed by atoms with Crippen molar-refractivity contribution in [1.82, 2.24) is 5.32 Å². The Morgan fingerprint density at radius 3 is 2.53 bits per heavy atom. The maximum absolute atomic E-state index is 14.1. The summed E-state index contributed by atoms with van der Waals surface area (Å²) in [6, 6.07) is 20.2. The van der Waals surface area contributed by atoms with Crippen molar-refractivity contribution in [3.63, 3.8) is 0 Å². The zero-order valence-corrected chi connectivity index (χ0v) is 17.3. The average Bonchev–Trinajstić information content (AvgIpc) is 3.21. The third kappa shape index (κ3) is 4.54. The van der Waals surface area contributed by atoms with E-state index in [1.807, 2.05) is 30.3 Å². The monoisotopic (exact) mass is 405 g/mol. The summed E-state index contributed by atoms with van der Waals surface area (Å²) in [7, 11) is 0. The summed E-state index contributed by atoms with van der Waals surface area (Å²) >= 11 is 0. The highest BCUT2D eigenvalue weighted by atomic mass is 19.1. The number of carbonyl (C=O) groups is 1. The Morgan fingerprint density at radius 1 is 1.07 bits per heavy atom. The topological polar surface area (TPSA) is 49.3 Å². The second-order valence-corrected chi connectivity index (χ2v) is 8.41. The Morgan fingerprint density at radius 2 is 1.80 bits per heavy atom. The number of halogens is 1. The van der Waals surface area contributed by atoms with Crippen LogP contribution >= 0.6 is 0 Å². The van der Waals surface area contributed by atoms with Crippen LogP contribution < -0.4 is 5.32 Å². The second kappa shape index (κ2) is 8.97. The number of aliphatic carboxylic acids is 1. The lowest BCUT2D eigenvalue weighted by Gasteiger charge is -2.22. The Labute approximate surface area is 176 Å². The largest absolute Gasteiger partial charge is 0.481 e. The standard InChI is InChI=1S/C26H28FNO2/c1-17(22-13-14-25(27)24-5-3-2-4-23(22)24)28-21-12-11-20(16-21)19-9-6-18(7-10-19)8-15-26(29)30/h2-7,9-10,13-14,17,20-21,28H,8,11-12,15-16H2,1H3,(H,29,30)/t17-,20?,21?/m1/s1. The van der Waals surface area contributed by atoms with E-state index in [1.165, 1.54) is 5.56 Å². The van der Waals surface area contributed by atoms with Crippen LogP contribution in [0.1, 0.15) is 61.3 Å². The molecule has 3 aromatic rings. The Hall–Kier alpha value is -2.72. The highest BCUT2D eigenvalue weighted by molar-refractivity contribution is 5.86. The summed E-state index contributed by atoms with van der Waals surface area (Å²) in [5.74, 6) is -0.408. The highest BCUT2D eigenvalue weighted by Gasteiger charge is 2.27. The van der Waals surface area contributed by atoms with Crippen molar-refractivity contribution in [2.75, 3.05) is 0 Å². The molecule has 2 N–H and O–H groups in total. The van der Waals surface area contributed by atoms with Crippen LogP contribution in [0.2, 0.25) is 0 Å². The molecule has 4 heteroatoms. The number of fused-ring (bicyclic) bond motifs is 1. The van der Waals surface area contributed by atoms with Gasteiger partial charge in [-0.2, -0.15) is 0 Å². The van der Waals surface area contributed by atoms with Crippen molar-refractivity contribution in [3.05, 3.63) is 83.2 Å². The number of carboxylic acids is 1. The summed E-state index contributed by atoms with van der Waals surface area (Å²) in [6.07, 6.45) is 4.09. The van der Waals surface area contributed by atoms with E-state index in [1.54, 1.807) is 6.07 Å². The highest BCUT2D eigenvalue weighted by Crippen LogP contribution is 2.36. The van der Waals surface area contributed by atoms with Gasteiger partial charge in [-0.1, -0.05) is 54.6 Å². The van der Waals surface area contributed by atoms with Crippen molar-refractivity contribution in [1.29, 1.82) is 0 Å². The lowest BCUT2D eigenvalue weighted by Crippen LogP contribution is -2.29. The Balaban J connectivity index is 1.39. The molecule has 0 amide bonds. The molecule has 2 unspecified atom stereocenters. The van der Waals surface area contributed by atoms with E-state index in [9.17, 15) is 9.18 Å². The van der Waals surface area contributed by atoms with Gasteiger partial charge in [0, 0.05) is 23.9 Å². The molecular formula is C26H28FNO2. The SMILES string of the molecule is C[C@@H](NC1CCC(c2ccc(CCC(=O)O)cc2)C1)c1ccc(F)c2ccccc12. The third-order valence-electron chi connectivity index (χ3n) is 6.37. The smallest absolute Gasteiger partial charge is 0.303 e. The third-order valence-corrected chi connectivity index (χ3v) is 6.37. The van der Waals surface area contributed by atoms with Crippen LogP contribution in [-0.4, -0.2) is 17.1 Å². The lowest BCUT2D eigenvalue weighted by molar-refractivity contribution is -0.136. The van der Waals surface area contributed by atoms with Crippen LogP contribution in [0.5, 0.6) is 0 Å². The second-order valence-electron chi connectivity index (χ2n) is 8.41. The number of carboxylic acid groups (broad SMARTS) is 1. The molecule has 4 rings (SSSR count). The number of rotatable bonds is 7. The molecule has 30 heavy (non-hydrogen) atoms. The molecule has 0 saturated heterocycles. The minimum absolute atomic E-state index is 0.151. The van der Waals surface area contributed by atoms with E-state index >= 15 is 0 Å². The van der Waals surface area contributed by atoms with E-state index in [-0.39, 0.29) is 18.3 Å². The number of aryl methyl sites for hydroxylation is 1. The number of nitrogens with one attached hydrogen (secondary N) is 1. The van der Waals surface area contributed by atoms with Gasteiger partial charge in [-0.15, -0.1) is 0 Å². The van der Waals surface area contributed by atoms with Crippen LogP contribution in [0.4, 0.5) is 4.39 Å². The van der Waals surface area contributed by atoms with E-state index in [0.29, 0.717) is 23.8 Å². The minimum Gasteiger partial charge on any atom is -0.481 e. The molecule has 0 bridgehead atoms. The molecule has 1 saturated carbocycles. The minimum atomic E-state index is -0.758. The first-order valence-corrected chi connectivity index (χ1v) is 10.7. The quantitative estimate of drug-likeness (QED) is 0.508. The summed E-state index contributed by atoms with van der Waals surface area (Å²) in [4.78, 5) is 10.7. The van der Waals surface area contributed by atoms with Gasteiger partial charge in [0.1, 0.15) is 5.82 Å². The van der Waals surface area contributed by atoms with Gasteiger partial charge in [-0.3, -0.25) is 4.79 Å². The van der Waals surface area contributed by atoms with Gasteiger partial charge in [0.2, 0.25) is 0 Å². The van der Waals surface area contributed by atoms with Crippen molar-refractivity contribution in [3.8, 4) is 0 Å². The maximum atomic E-state index is 14.1. The van der Waals surface area contributed by atoms with Gasteiger partial charge in [0.15, 0.2) is 0 Å². The van der Waals surface area contributed by atoms with Crippen LogP contribution in [0.3, 0.4) is 0 Å². The Kier molecular flexibility index (Phi) is 6.14. The van der Waals surface area contributed by atoms with Gasteiger partial charge < -0.3 is 10.4 Å². The number of hydrogen-bond donors (Lipinski definition) is 2. The fraction of sp³-hybridized carbons (Fsp3) is 0.346. The Bertz CT molecular complexity index is 1030. The van der Waals surface area contributed by atoms with Gasteiger partial charge in [0.05, 0.1) is 0 Å². The van der Waals surface area contributed by atoms with Crippen molar-refractivity contribution in [2.45, 2.75) is 57.0 Å². The number of hydrogen-bond acceptors (Lipinski definition) is 2. The molecule has 3 nitrogen and oxygen atoms in total. The van der Waals surface area contributed by atoms with Gasteiger partial charge >= 0.3 is 5.97 Å². The van der Waals surface area contributed by atoms with Gasteiger partial charge in [-0.25, -0.2) is 4.39 Å². The molecule has 0 heterocycles. The zero-order chi connectivity index (χ0) is 21.1. The van der Waals surface area contributed by atoms with E-state index in [4.69, 9.17) is 5.11 Å². The molecule has 0 aromatic heterocycles. The van der Waals surface area contributed by atoms with Crippen LogP contribution in [0.25, 0.3) is 10.8 Å². The van der Waals surface area contributed by atoms with Crippen molar-refractivity contribution < 1.29 is 14.3 Å². The summed E-state index contributed by atoms with van der Waals surface area (Å²) in [5.41, 5.74) is 3.54. The summed E-state index contributed by atoms with van der Waals surface area (Å²) in [6.45, 7) is 2.16. The van der Waals surface area contributed by atoms with Crippen molar-refractivity contribution in [2.24, 2.45) is 0 Å². The normalized spacial score (nSPS) is 19.8. The first kappa shape index (κ1) is 20.5. The first-order chi connectivity index (χ1) is 14.5.